The molecule has 1 atom stereocenters. The number of aromatic nitrogens is 1. The average molecular weight is 360 g/mol. The number of pyridine rings is 1. The van der Waals surface area contributed by atoms with Crippen molar-refractivity contribution >= 4 is 52.3 Å². The van der Waals surface area contributed by atoms with Gasteiger partial charge in [0.05, 0.1) is 17.9 Å². The van der Waals surface area contributed by atoms with Crippen molar-refractivity contribution in [2.75, 3.05) is 17.7 Å². The molecule has 1 N–H and O–H groups in total. The number of anilines is 1. The normalized spacial score (nSPS) is 18.5. The predicted molar refractivity (Wildman–Crippen MR) is 94.1 cm³/mol. The lowest BCUT2D eigenvalue weighted by Crippen LogP contribution is -2.48. The smallest absolute Gasteiger partial charge is 0.408 e. The van der Waals surface area contributed by atoms with E-state index in [0.29, 0.717) is 15.9 Å². The Kier molecular flexibility index (Phi) is 5.19. The highest BCUT2D eigenvalue weighted by Gasteiger charge is 2.28. The van der Waals surface area contributed by atoms with Crippen molar-refractivity contribution in [3.63, 3.8) is 0 Å². The molecular weight excluding hydrogens is 342 g/mol. The second-order valence-corrected chi connectivity index (χ2v) is 7.75. The van der Waals surface area contributed by atoms with E-state index in [-0.39, 0.29) is 6.04 Å². The van der Waals surface area contributed by atoms with E-state index in [4.69, 9.17) is 28.6 Å². The Hall–Kier alpha value is -1.05. The van der Waals surface area contributed by atoms with Gasteiger partial charge in [-0.15, -0.1) is 11.8 Å². The first-order valence-corrected chi connectivity index (χ1v) is 8.50. The van der Waals surface area contributed by atoms with Gasteiger partial charge in [-0.2, -0.15) is 0 Å². The zero-order valence-corrected chi connectivity index (χ0v) is 15.2. The third-order valence-corrected chi connectivity index (χ3v) is 4.80. The van der Waals surface area contributed by atoms with E-state index < -0.39 is 11.7 Å². The molecule has 1 aromatic rings. The summed E-state index contributed by atoms with van der Waals surface area (Å²) in [6.45, 7) is 5.47. The van der Waals surface area contributed by atoms with Gasteiger partial charge in [0.25, 0.3) is 0 Å². The lowest BCUT2D eigenvalue weighted by molar-refractivity contribution is 0.0522. The number of hydrogen-bond donors (Lipinski definition) is 1. The minimum Gasteiger partial charge on any atom is -0.444 e. The van der Waals surface area contributed by atoms with Gasteiger partial charge in [-0.1, -0.05) is 23.8 Å². The lowest BCUT2D eigenvalue weighted by atomic mass is 10.2. The Morgan fingerprint density at radius 3 is 2.91 bits per heavy atom. The lowest BCUT2D eigenvalue weighted by Gasteiger charge is -2.26. The van der Waals surface area contributed by atoms with E-state index in [1.807, 2.05) is 32.7 Å². The molecule has 2 heterocycles. The van der Waals surface area contributed by atoms with Crippen molar-refractivity contribution in [1.29, 1.82) is 0 Å². The van der Waals surface area contributed by atoms with E-state index >= 15 is 0 Å². The largest absolute Gasteiger partial charge is 0.444 e. The summed E-state index contributed by atoms with van der Waals surface area (Å²) >= 11 is 13.0. The number of hydrogen-bond acceptors (Lipinski definition) is 5. The molecule has 0 unspecified atom stereocenters. The molecule has 1 aliphatic rings. The number of thioether (sulfide) groups is 1. The topological polar surface area (TPSA) is 54.5 Å². The molecule has 8 heteroatoms. The van der Waals surface area contributed by atoms with Gasteiger partial charge in [0.1, 0.15) is 15.7 Å². The second-order valence-electron chi connectivity index (χ2n) is 5.88. The van der Waals surface area contributed by atoms with Crippen LogP contribution in [-0.4, -0.2) is 40.5 Å². The predicted octanol–water partition coefficient (Wildman–Crippen LogP) is 3.50. The quantitative estimate of drug-likeness (QED) is 0.611. The minimum absolute atomic E-state index is 0.300. The number of nitrogens with zero attached hydrogens (tertiary/aromatic N) is 2. The standard InChI is InChI=1S/C14H18ClN3O2S2/c1-14(2,3)20-13(19)17-8-7-22-10-5-11(15)16-6-9(10)18(4)12(8)21/h5-6,8H,7H2,1-4H3,(H,17,19)/t8-/m0/s1. The molecule has 22 heavy (non-hydrogen) atoms. The molecule has 1 amide bonds. The van der Waals surface area contributed by atoms with Crippen molar-refractivity contribution in [3.8, 4) is 0 Å². The number of nitrogens with one attached hydrogen (secondary N) is 1. The van der Waals surface area contributed by atoms with Crippen molar-refractivity contribution < 1.29 is 9.53 Å². The van der Waals surface area contributed by atoms with Gasteiger partial charge in [-0.3, -0.25) is 0 Å². The maximum absolute atomic E-state index is 12.0. The summed E-state index contributed by atoms with van der Waals surface area (Å²) in [4.78, 5) is 19.5. The highest BCUT2D eigenvalue weighted by molar-refractivity contribution is 7.99. The van der Waals surface area contributed by atoms with Crippen LogP contribution in [0.15, 0.2) is 17.2 Å². The average Bonchev–Trinajstić information content (AvgIpc) is 2.49. The molecule has 0 aromatic carbocycles. The van der Waals surface area contributed by atoms with Gasteiger partial charge in [-0.25, -0.2) is 9.78 Å². The molecular formula is C14H18ClN3O2S2. The first kappa shape index (κ1) is 17.3. The zero-order valence-electron chi connectivity index (χ0n) is 12.8. The molecule has 0 radical (unpaired) electrons. The molecule has 1 aliphatic heterocycles. The van der Waals surface area contributed by atoms with Crippen LogP contribution in [0, 0.1) is 0 Å². The Bertz CT molecular complexity index is 604. The molecule has 0 bridgehead atoms. The van der Waals surface area contributed by atoms with Crippen LogP contribution in [0.4, 0.5) is 10.5 Å². The fourth-order valence-electron chi connectivity index (χ4n) is 1.92. The van der Waals surface area contributed by atoms with Crippen molar-refractivity contribution in [2.45, 2.75) is 37.3 Å². The van der Waals surface area contributed by atoms with Crippen LogP contribution in [0.25, 0.3) is 0 Å². The van der Waals surface area contributed by atoms with Gasteiger partial charge < -0.3 is 15.0 Å². The van der Waals surface area contributed by atoms with Crippen LogP contribution in [0.1, 0.15) is 20.8 Å². The first-order valence-electron chi connectivity index (χ1n) is 6.73. The summed E-state index contributed by atoms with van der Waals surface area (Å²) in [5.74, 6) is 0.607. The van der Waals surface area contributed by atoms with Gasteiger partial charge in [-0.05, 0) is 26.8 Å². The van der Waals surface area contributed by atoms with E-state index in [9.17, 15) is 4.79 Å². The van der Waals surface area contributed by atoms with E-state index in [2.05, 4.69) is 10.3 Å². The molecule has 1 aromatic heterocycles. The molecule has 0 spiro atoms. The Labute approximate surface area is 144 Å². The van der Waals surface area contributed by atoms with Crippen molar-refractivity contribution in [3.05, 3.63) is 17.4 Å². The van der Waals surface area contributed by atoms with Gasteiger partial charge in [0, 0.05) is 17.7 Å². The number of halogens is 1. The molecule has 5 nitrogen and oxygen atoms in total. The summed E-state index contributed by atoms with van der Waals surface area (Å²) in [5, 5.41) is 3.26. The number of rotatable bonds is 1. The Balaban J connectivity index is 2.14. The van der Waals surface area contributed by atoms with Crippen LogP contribution >= 0.6 is 35.6 Å². The number of carbonyl (C=O) groups is 1. The van der Waals surface area contributed by atoms with Crippen LogP contribution < -0.4 is 10.2 Å². The van der Waals surface area contributed by atoms with Gasteiger partial charge >= 0.3 is 6.09 Å². The second kappa shape index (κ2) is 6.60. The van der Waals surface area contributed by atoms with Crippen molar-refractivity contribution in [1.82, 2.24) is 10.3 Å². The summed E-state index contributed by atoms with van der Waals surface area (Å²) in [6, 6.07) is 1.50. The summed E-state index contributed by atoms with van der Waals surface area (Å²) < 4.78 is 5.29. The summed E-state index contributed by atoms with van der Waals surface area (Å²) in [5.41, 5.74) is 0.337. The number of thiocarbonyl (C=S) groups is 1. The number of alkyl carbamates (subject to hydrolysis) is 1. The SMILES string of the molecule is CN1C(=S)[C@@H](NC(=O)OC(C)(C)C)CSc2cc(Cl)ncc21. The van der Waals surface area contributed by atoms with E-state index in [1.54, 1.807) is 24.0 Å². The maximum Gasteiger partial charge on any atom is 0.408 e. The Morgan fingerprint density at radius 2 is 2.27 bits per heavy atom. The molecule has 0 saturated carbocycles. The molecule has 2 rings (SSSR count). The molecule has 0 saturated heterocycles. The number of ether oxygens (including phenoxy) is 1. The minimum atomic E-state index is -0.546. The molecule has 0 fully saturated rings. The van der Waals surface area contributed by atoms with E-state index in [0.717, 1.165) is 10.6 Å². The van der Waals surface area contributed by atoms with Gasteiger partial charge in [0.2, 0.25) is 0 Å². The monoisotopic (exact) mass is 359 g/mol. The van der Waals surface area contributed by atoms with Crippen molar-refractivity contribution in [2.24, 2.45) is 0 Å². The number of likely N-dealkylation sites (N-methyl/N-ethyl adjacent to an activating group) is 1. The molecule has 120 valence electrons. The van der Waals surface area contributed by atoms with E-state index in [1.165, 1.54) is 0 Å². The highest BCUT2D eigenvalue weighted by atomic mass is 35.5. The third kappa shape index (κ3) is 4.24. The van der Waals surface area contributed by atoms with Crippen LogP contribution in [0.3, 0.4) is 0 Å². The zero-order chi connectivity index (χ0) is 16.5. The first-order chi connectivity index (χ1) is 10.2. The molecule has 0 aliphatic carbocycles. The van der Waals surface area contributed by atoms with Crippen LogP contribution in [0.2, 0.25) is 5.15 Å². The fourth-order valence-corrected chi connectivity index (χ4v) is 3.61. The fraction of sp³-hybridized carbons (Fsp3) is 0.500. The Morgan fingerprint density at radius 1 is 1.59 bits per heavy atom. The number of carbonyl (C=O) groups excluding carboxylic acids is 1. The highest BCUT2D eigenvalue weighted by Crippen LogP contribution is 2.34. The summed E-state index contributed by atoms with van der Waals surface area (Å²) in [6.07, 6.45) is 1.21. The number of fused-ring (bicyclic) bond motifs is 1. The summed E-state index contributed by atoms with van der Waals surface area (Å²) in [7, 11) is 1.85. The third-order valence-electron chi connectivity index (χ3n) is 2.90. The maximum atomic E-state index is 12.0. The van der Waals surface area contributed by atoms with Crippen LogP contribution in [0.5, 0.6) is 0 Å². The van der Waals surface area contributed by atoms with Crippen LogP contribution in [-0.2, 0) is 4.74 Å². The van der Waals surface area contributed by atoms with Gasteiger partial charge in [0.15, 0.2) is 0 Å². The number of amides is 1.